The van der Waals surface area contributed by atoms with E-state index >= 15 is 0 Å². The second-order valence-corrected chi connectivity index (χ2v) is 6.16. The molecular weight excluding hydrogens is 292 g/mol. The number of para-hydroxylation sites is 1. The lowest BCUT2D eigenvalue weighted by atomic mass is 10.1. The van der Waals surface area contributed by atoms with Gasteiger partial charge in [0, 0.05) is 10.3 Å². The lowest BCUT2D eigenvalue weighted by Gasteiger charge is -2.04. The molecule has 0 amide bonds. The largest absolute Gasteiger partial charge is 0.422 e. The Morgan fingerprint density at radius 2 is 1.45 bits per heavy atom. The second kappa shape index (κ2) is 5.35. The number of hydrogen-bond acceptors (Lipinski definition) is 3. The Bertz CT molecular complexity index is 1030. The normalized spacial score (nSPS) is 11.1. The van der Waals surface area contributed by atoms with E-state index in [2.05, 4.69) is 24.3 Å². The van der Waals surface area contributed by atoms with E-state index in [0.717, 1.165) is 15.7 Å². The molecule has 0 spiro atoms. The van der Waals surface area contributed by atoms with Crippen LogP contribution in [-0.2, 0) is 0 Å². The standard InChI is InChI=1S/C19H12O2S/c20-19-18(12-15-7-3-4-8-17(15)21-19)22-16-10-9-13-5-1-2-6-14(13)11-16/h1-12H. The number of rotatable bonds is 2. The summed E-state index contributed by atoms with van der Waals surface area (Å²) in [6, 6.07) is 23.8. The van der Waals surface area contributed by atoms with E-state index in [-0.39, 0.29) is 5.63 Å². The minimum absolute atomic E-state index is 0.295. The lowest BCUT2D eigenvalue weighted by molar-refractivity contribution is 0.544. The predicted octanol–water partition coefficient (Wildman–Crippen LogP) is 5.10. The lowest BCUT2D eigenvalue weighted by Crippen LogP contribution is -2.01. The van der Waals surface area contributed by atoms with Crippen LogP contribution in [0.4, 0.5) is 0 Å². The van der Waals surface area contributed by atoms with Crippen molar-refractivity contribution >= 4 is 33.5 Å². The monoisotopic (exact) mass is 304 g/mol. The molecule has 4 aromatic rings. The first kappa shape index (κ1) is 13.2. The van der Waals surface area contributed by atoms with E-state index < -0.39 is 0 Å². The van der Waals surface area contributed by atoms with Crippen molar-refractivity contribution in [2.75, 3.05) is 0 Å². The molecule has 0 fully saturated rings. The van der Waals surface area contributed by atoms with Gasteiger partial charge in [0.2, 0.25) is 0 Å². The van der Waals surface area contributed by atoms with Gasteiger partial charge in [-0.2, -0.15) is 0 Å². The zero-order valence-electron chi connectivity index (χ0n) is 11.7. The quantitative estimate of drug-likeness (QED) is 0.483. The van der Waals surface area contributed by atoms with Crippen molar-refractivity contribution in [3.05, 3.63) is 83.2 Å². The van der Waals surface area contributed by atoms with E-state index in [4.69, 9.17) is 4.42 Å². The van der Waals surface area contributed by atoms with E-state index in [1.807, 2.05) is 42.5 Å². The smallest absolute Gasteiger partial charge is 0.350 e. The summed E-state index contributed by atoms with van der Waals surface area (Å²) in [5.74, 6) is 0. The van der Waals surface area contributed by atoms with Gasteiger partial charge in [0.05, 0.1) is 4.90 Å². The van der Waals surface area contributed by atoms with E-state index in [1.54, 1.807) is 6.07 Å². The van der Waals surface area contributed by atoms with Crippen molar-refractivity contribution in [2.45, 2.75) is 9.79 Å². The molecule has 1 heterocycles. The summed E-state index contributed by atoms with van der Waals surface area (Å²) in [6.07, 6.45) is 0. The third-order valence-corrected chi connectivity index (χ3v) is 4.55. The van der Waals surface area contributed by atoms with Crippen molar-refractivity contribution in [3.63, 3.8) is 0 Å². The molecule has 0 aliphatic rings. The van der Waals surface area contributed by atoms with Gasteiger partial charge in [0.25, 0.3) is 0 Å². The van der Waals surface area contributed by atoms with Crippen LogP contribution in [0.5, 0.6) is 0 Å². The van der Waals surface area contributed by atoms with Crippen LogP contribution < -0.4 is 5.63 Å². The Hall–Kier alpha value is -2.52. The average Bonchev–Trinajstić information content (AvgIpc) is 2.55. The van der Waals surface area contributed by atoms with Gasteiger partial charge in [-0.25, -0.2) is 4.79 Å². The maximum atomic E-state index is 12.1. The predicted molar refractivity (Wildman–Crippen MR) is 90.6 cm³/mol. The molecule has 0 saturated carbocycles. The first-order valence-corrected chi connectivity index (χ1v) is 7.81. The van der Waals surface area contributed by atoms with Crippen LogP contribution in [0.2, 0.25) is 0 Å². The zero-order valence-corrected chi connectivity index (χ0v) is 12.5. The zero-order chi connectivity index (χ0) is 14.9. The molecule has 0 bridgehead atoms. The summed E-state index contributed by atoms with van der Waals surface area (Å²) in [5.41, 5.74) is 0.326. The number of hydrogen-bond donors (Lipinski definition) is 0. The van der Waals surface area contributed by atoms with E-state index in [9.17, 15) is 4.79 Å². The van der Waals surface area contributed by atoms with Gasteiger partial charge in [-0.05, 0) is 35.0 Å². The molecular formula is C19H12O2S. The van der Waals surface area contributed by atoms with Crippen molar-refractivity contribution in [3.8, 4) is 0 Å². The molecule has 0 atom stereocenters. The topological polar surface area (TPSA) is 30.2 Å². The van der Waals surface area contributed by atoms with Gasteiger partial charge in [-0.15, -0.1) is 0 Å². The van der Waals surface area contributed by atoms with Crippen LogP contribution in [0.25, 0.3) is 21.7 Å². The minimum atomic E-state index is -0.295. The first-order chi connectivity index (χ1) is 10.8. The first-order valence-electron chi connectivity index (χ1n) is 6.99. The molecule has 0 radical (unpaired) electrons. The van der Waals surface area contributed by atoms with Crippen LogP contribution in [0.15, 0.2) is 91.8 Å². The molecule has 2 nitrogen and oxygen atoms in total. The molecule has 0 N–H and O–H groups in total. The van der Waals surface area contributed by atoms with E-state index in [1.165, 1.54) is 17.1 Å². The fourth-order valence-electron chi connectivity index (χ4n) is 2.47. The Balaban J connectivity index is 1.78. The fraction of sp³-hybridized carbons (Fsp3) is 0. The van der Waals surface area contributed by atoms with Crippen LogP contribution in [0.1, 0.15) is 0 Å². The highest BCUT2D eigenvalue weighted by Crippen LogP contribution is 2.29. The third kappa shape index (κ3) is 2.40. The van der Waals surface area contributed by atoms with Crippen molar-refractivity contribution < 1.29 is 4.42 Å². The Labute approximate surface area is 131 Å². The highest BCUT2D eigenvalue weighted by molar-refractivity contribution is 7.99. The third-order valence-electron chi connectivity index (χ3n) is 3.56. The Morgan fingerprint density at radius 3 is 2.32 bits per heavy atom. The molecule has 3 aromatic carbocycles. The van der Waals surface area contributed by atoms with Crippen LogP contribution in [0.3, 0.4) is 0 Å². The fourth-order valence-corrected chi connectivity index (χ4v) is 3.36. The van der Waals surface area contributed by atoms with Crippen LogP contribution in [0, 0.1) is 0 Å². The highest BCUT2D eigenvalue weighted by atomic mass is 32.2. The van der Waals surface area contributed by atoms with Crippen molar-refractivity contribution in [2.24, 2.45) is 0 Å². The SMILES string of the molecule is O=c1oc2ccccc2cc1Sc1ccc2ccccc2c1. The highest BCUT2D eigenvalue weighted by Gasteiger charge is 2.07. The molecule has 4 rings (SSSR count). The Kier molecular flexibility index (Phi) is 3.20. The Morgan fingerprint density at radius 1 is 0.727 bits per heavy atom. The summed E-state index contributed by atoms with van der Waals surface area (Å²) >= 11 is 1.44. The van der Waals surface area contributed by atoms with E-state index in [0.29, 0.717) is 10.5 Å². The van der Waals surface area contributed by atoms with Gasteiger partial charge in [0.1, 0.15) is 5.58 Å². The summed E-state index contributed by atoms with van der Waals surface area (Å²) < 4.78 is 5.38. The van der Waals surface area contributed by atoms with Gasteiger partial charge < -0.3 is 4.42 Å². The molecule has 0 saturated heterocycles. The molecule has 3 heteroatoms. The van der Waals surface area contributed by atoms with Crippen LogP contribution in [-0.4, -0.2) is 0 Å². The summed E-state index contributed by atoms with van der Waals surface area (Å²) in [6.45, 7) is 0. The number of fused-ring (bicyclic) bond motifs is 2. The molecule has 106 valence electrons. The van der Waals surface area contributed by atoms with Crippen LogP contribution >= 0.6 is 11.8 Å². The number of benzene rings is 3. The van der Waals surface area contributed by atoms with Gasteiger partial charge >= 0.3 is 5.63 Å². The van der Waals surface area contributed by atoms with Crippen molar-refractivity contribution in [1.82, 2.24) is 0 Å². The maximum absolute atomic E-state index is 12.1. The molecule has 0 aliphatic heterocycles. The van der Waals surface area contributed by atoms with Gasteiger partial charge in [-0.3, -0.25) is 0 Å². The molecule has 1 aromatic heterocycles. The molecule has 0 aliphatic carbocycles. The van der Waals surface area contributed by atoms with Gasteiger partial charge in [-0.1, -0.05) is 60.3 Å². The minimum Gasteiger partial charge on any atom is -0.422 e. The molecule has 22 heavy (non-hydrogen) atoms. The van der Waals surface area contributed by atoms with Gasteiger partial charge in [0.15, 0.2) is 0 Å². The maximum Gasteiger partial charge on any atom is 0.350 e. The van der Waals surface area contributed by atoms with Crippen molar-refractivity contribution in [1.29, 1.82) is 0 Å². The summed E-state index contributed by atoms with van der Waals surface area (Å²) in [4.78, 5) is 13.7. The molecule has 0 unspecified atom stereocenters. The summed E-state index contributed by atoms with van der Waals surface area (Å²) in [5, 5.41) is 3.29. The summed E-state index contributed by atoms with van der Waals surface area (Å²) in [7, 11) is 0. The average molecular weight is 304 g/mol. The second-order valence-electron chi connectivity index (χ2n) is 5.05.